The van der Waals surface area contributed by atoms with E-state index in [1.165, 1.54) is 28.8 Å². The molecule has 0 aliphatic carbocycles. The van der Waals surface area contributed by atoms with E-state index in [2.05, 4.69) is 94.0 Å². The lowest BCUT2D eigenvalue weighted by atomic mass is 9.96. The number of aryl methyl sites for hydroxylation is 1. The van der Waals surface area contributed by atoms with Crippen molar-refractivity contribution < 1.29 is 27.6 Å². The monoisotopic (exact) mass is 865 g/mol. The SMILES string of the molecule is CCCc1ccn(Cn2ccnc2)c1.O=C1CCCN1.O=CC1CC(c2ccccc2)CN1Cn1ccnc1.[N-]=[N+]=Nc1c(F)cc(F)c(C2CC(=O)N(Cn3ccnc3)C2)c1F. The van der Waals surface area contributed by atoms with E-state index >= 15 is 0 Å². The maximum absolute atomic E-state index is 14.4. The molecule has 3 unspecified atom stereocenters. The lowest BCUT2D eigenvalue weighted by molar-refractivity contribution is -0.129. The Morgan fingerprint density at radius 3 is 2.11 bits per heavy atom. The van der Waals surface area contributed by atoms with Gasteiger partial charge in [-0.1, -0.05) is 48.8 Å². The molecule has 9 rings (SSSR count). The van der Waals surface area contributed by atoms with Crippen molar-refractivity contribution in [1.82, 2.24) is 48.3 Å². The molecule has 2 amide bonds. The number of nitrogens with one attached hydrogen (secondary N) is 1. The molecular formula is C44H50F3N13O3. The molecule has 3 atom stereocenters. The Morgan fingerprint density at radius 2 is 1.54 bits per heavy atom. The van der Waals surface area contributed by atoms with Gasteiger partial charge in [-0.2, -0.15) is 0 Å². The molecule has 0 radical (unpaired) electrons. The molecule has 0 spiro atoms. The van der Waals surface area contributed by atoms with Crippen LogP contribution in [-0.2, 0) is 40.8 Å². The third-order valence-corrected chi connectivity index (χ3v) is 10.8. The van der Waals surface area contributed by atoms with Gasteiger partial charge in [0.1, 0.15) is 29.4 Å². The molecule has 19 heteroatoms. The van der Waals surface area contributed by atoms with Crippen molar-refractivity contribution >= 4 is 23.8 Å². The normalized spacial score (nSPS) is 18.0. The van der Waals surface area contributed by atoms with Crippen LogP contribution in [0.3, 0.4) is 0 Å². The molecule has 16 nitrogen and oxygen atoms in total. The third kappa shape index (κ3) is 12.8. The second-order valence-electron chi connectivity index (χ2n) is 15.3. The number of hydrogen-bond donors (Lipinski definition) is 1. The van der Waals surface area contributed by atoms with E-state index in [0.29, 0.717) is 12.0 Å². The molecule has 0 bridgehead atoms. The maximum Gasteiger partial charge on any atom is 0.224 e. The summed E-state index contributed by atoms with van der Waals surface area (Å²) in [4.78, 5) is 51.3. The summed E-state index contributed by atoms with van der Waals surface area (Å²) in [5.74, 6) is -4.10. The number of carbonyl (C=O) groups is 3. The number of rotatable bonds is 12. The summed E-state index contributed by atoms with van der Waals surface area (Å²) in [7, 11) is 0. The first kappa shape index (κ1) is 45.5. The number of halogens is 3. The summed E-state index contributed by atoms with van der Waals surface area (Å²) in [6, 6.07) is 13.1. The first-order chi connectivity index (χ1) is 30.6. The molecule has 0 saturated carbocycles. The highest BCUT2D eigenvalue weighted by Gasteiger charge is 2.36. The van der Waals surface area contributed by atoms with Crippen molar-refractivity contribution in [3.8, 4) is 0 Å². The summed E-state index contributed by atoms with van der Waals surface area (Å²) in [6.07, 6.45) is 26.1. The van der Waals surface area contributed by atoms with Crippen LogP contribution in [-0.4, -0.2) is 86.8 Å². The predicted molar refractivity (Wildman–Crippen MR) is 227 cm³/mol. The van der Waals surface area contributed by atoms with Gasteiger partial charge in [0.25, 0.3) is 0 Å². The molecule has 63 heavy (non-hydrogen) atoms. The molecule has 6 aromatic rings. The molecule has 7 heterocycles. The predicted octanol–water partition coefficient (Wildman–Crippen LogP) is 7.15. The Morgan fingerprint density at radius 1 is 0.857 bits per heavy atom. The Balaban J connectivity index is 0.000000151. The zero-order valence-corrected chi connectivity index (χ0v) is 34.9. The van der Waals surface area contributed by atoms with Gasteiger partial charge in [0.2, 0.25) is 11.8 Å². The van der Waals surface area contributed by atoms with E-state index in [-0.39, 0.29) is 37.5 Å². The number of nitrogens with zero attached hydrogens (tertiary/aromatic N) is 12. The Labute approximate surface area is 362 Å². The lowest BCUT2D eigenvalue weighted by Gasteiger charge is -2.20. The summed E-state index contributed by atoms with van der Waals surface area (Å²) < 4.78 is 49.8. The smallest absolute Gasteiger partial charge is 0.224 e. The number of hydrogen-bond acceptors (Lipinski definition) is 8. The molecule has 330 valence electrons. The molecule has 3 fully saturated rings. The van der Waals surface area contributed by atoms with Gasteiger partial charge >= 0.3 is 0 Å². The van der Waals surface area contributed by atoms with Crippen LogP contribution in [0.4, 0.5) is 18.9 Å². The third-order valence-electron chi connectivity index (χ3n) is 10.8. The van der Waals surface area contributed by atoms with Crippen molar-refractivity contribution in [2.75, 3.05) is 19.6 Å². The quantitative estimate of drug-likeness (QED) is 0.0588. The van der Waals surface area contributed by atoms with E-state index in [1.807, 2.05) is 29.4 Å². The molecular weight excluding hydrogens is 816 g/mol. The fourth-order valence-electron chi connectivity index (χ4n) is 7.70. The number of amides is 2. The van der Waals surface area contributed by atoms with Crippen LogP contribution < -0.4 is 5.32 Å². The number of aldehydes is 1. The minimum atomic E-state index is -1.29. The molecule has 4 aromatic heterocycles. The fourth-order valence-corrected chi connectivity index (χ4v) is 7.70. The van der Waals surface area contributed by atoms with Gasteiger partial charge in [-0.3, -0.25) is 14.5 Å². The topological polar surface area (TPSA) is 177 Å². The van der Waals surface area contributed by atoms with Crippen molar-refractivity contribution in [2.45, 2.75) is 83.3 Å². The Hall–Kier alpha value is -6.98. The van der Waals surface area contributed by atoms with Crippen LogP contribution in [0.5, 0.6) is 0 Å². The average Bonchev–Trinajstić information content (AvgIpc) is 4.14. The molecule has 1 N–H and O–H groups in total. The first-order valence-electron chi connectivity index (χ1n) is 20.7. The van der Waals surface area contributed by atoms with E-state index in [1.54, 1.807) is 35.7 Å². The molecule has 2 aromatic carbocycles. The van der Waals surface area contributed by atoms with E-state index in [0.717, 1.165) is 58.4 Å². The van der Waals surface area contributed by atoms with Gasteiger partial charge < -0.3 is 33.3 Å². The summed E-state index contributed by atoms with van der Waals surface area (Å²) in [5.41, 5.74) is 9.78. The number of benzene rings is 2. The second-order valence-corrected chi connectivity index (χ2v) is 15.3. The van der Waals surface area contributed by atoms with Gasteiger partial charge in [-0.25, -0.2) is 28.1 Å². The van der Waals surface area contributed by atoms with Crippen LogP contribution >= 0.6 is 0 Å². The summed E-state index contributed by atoms with van der Waals surface area (Å²) in [5, 5.41) is 5.61. The first-order valence-corrected chi connectivity index (χ1v) is 20.7. The van der Waals surface area contributed by atoms with E-state index < -0.39 is 34.6 Å². The zero-order valence-electron chi connectivity index (χ0n) is 34.9. The van der Waals surface area contributed by atoms with E-state index in [4.69, 9.17) is 5.53 Å². The number of carbonyl (C=O) groups excluding carboxylic acids is 3. The summed E-state index contributed by atoms with van der Waals surface area (Å²) >= 11 is 0. The minimum absolute atomic E-state index is 0.00704. The van der Waals surface area contributed by atoms with Crippen LogP contribution in [0.25, 0.3) is 10.4 Å². The average molecular weight is 866 g/mol. The van der Waals surface area contributed by atoms with Crippen molar-refractivity contribution in [3.05, 3.63) is 156 Å². The van der Waals surface area contributed by atoms with Gasteiger partial charge in [0.05, 0.1) is 45.0 Å². The number of aromatic nitrogens is 7. The van der Waals surface area contributed by atoms with Crippen LogP contribution in [0, 0.1) is 17.5 Å². The zero-order chi connectivity index (χ0) is 44.6. The standard InChI is InChI=1S/C15H17N3O.C14H11F3N6O.C11H15N3.C4H7NO/c19-10-15-8-14(13-4-2-1-3-5-13)9-18(15)12-17-7-6-16-11-17;15-9-4-10(16)14(20-21-18)13(17)12(9)8-3-11(24)23(5-8)7-22-2-1-19-6-22;1-2-3-11-4-6-13(8-11)10-14-7-5-12-9-14;6-4-2-1-3-5-4/h1-7,10-11,14-15H,8-9,12H2;1-2,4,6,8H,3,5,7H2;4-9H,2-3,10H2,1H3;1-3H2,(H,5,6). The van der Waals surface area contributed by atoms with Crippen LogP contribution in [0.15, 0.2) is 116 Å². The highest BCUT2D eigenvalue weighted by molar-refractivity contribution is 5.79. The molecule has 3 aliphatic heterocycles. The fraction of sp³-hybridized carbons (Fsp3) is 0.364. The highest BCUT2D eigenvalue weighted by Crippen LogP contribution is 2.37. The van der Waals surface area contributed by atoms with Crippen LogP contribution in [0.1, 0.15) is 67.6 Å². The van der Waals surface area contributed by atoms with Crippen LogP contribution in [0.2, 0.25) is 0 Å². The largest absolute Gasteiger partial charge is 0.356 e. The minimum Gasteiger partial charge on any atom is -0.356 e. The number of imidazole rings is 3. The van der Waals surface area contributed by atoms with Crippen molar-refractivity contribution in [1.29, 1.82) is 0 Å². The lowest BCUT2D eigenvalue weighted by Crippen LogP contribution is -2.32. The van der Waals surface area contributed by atoms with Gasteiger partial charge in [-0.05, 0) is 47.9 Å². The van der Waals surface area contributed by atoms with Gasteiger partial charge in [0, 0.05) is 105 Å². The van der Waals surface area contributed by atoms with Gasteiger partial charge in [-0.15, -0.1) is 0 Å². The molecule has 3 aliphatic rings. The maximum atomic E-state index is 14.4. The Kier molecular flexibility index (Phi) is 16.4. The number of likely N-dealkylation sites (tertiary alicyclic amines) is 2. The molecule has 3 saturated heterocycles. The van der Waals surface area contributed by atoms with E-state index in [9.17, 15) is 27.6 Å². The number of azide groups is 1. The van der Waals surface area contributed by atoms with Gasteiger partial charge in [0.15, 0.2) is 0 Å². The second kappa shape index (κ2) is 22.7. The Bertz CT molecular complexity index is 2390. The highest BCUT2D eigenvalue weighted by atomic mass is 19.1. The summed E-state index contributed by atoms with van der Waals surface area (Å²) in [6.45, 7) is 5.85. The van der Waals surface area contributed by atoms with Crippen molar-refractivity contribution in [2.24, 2.45) is 5.11 Å². The van der Waals surface area contributed by atoms with Crippen molar-refractivity contribution in [3.63, 3.8) is 0 Å².